The van der Waals surface area contributed by atoms with Gasteiger partial charge in [-0.05, 0) is 24.8 Å². The van der Waals surface area contributed by atoms with Crippen molar-refractivity contribution in [3.63, 3.8) is 0 Å². The zero-order valence-electron chi connectivity index (χ0n) is 15.1. The summed E-state index contributed by atoms with van der Waals surface area (Å²) in [6.45, 7) is 2.58. The van der Waals surface area contributed by atoms with E-state index >= 15 is 0 Å². The third kappa shape index (κ3) is 5.56. The number of amides is 2. The van der Waals surface area contributed by atoms with Crippen LogP contribution in [-0.2, 0) is 25.5 Å². The van der Waals surface area contributed by atoms with Gasteiger partial charge >= 0.3 is 5.97 Å². The molecule has 2 N–H and O–H groups in total. The van der Waals surface area contributed by atoms with Crippen LogP contribution in [0.15, 0.2) is 30.3 Å². The molecule has 0 unspecified atom stereocenters. The normalized spacial score (nSPS) is 15.9. The van der Waals surface area contributed by atoms with Gasteiger partial charge in [-0.15, -0.1) is 0 Å². The number of ether oxygens (including phenoxy) is 1. The van der Waals surface area contributed by atoms with Gasteiger partial charge in [-0.2, -0.15) is 0 Å². The molecular weight excluding hydrogens is 336 g/mol. The minimum atomic E-state index is -0.987. The summed E-state index contributed by atoms with van der Waals surface area (Å²) in [4.78, 5) is 37.1. The molecule has 0 aromatic heterocycles. The van der Waals surface area contributed by atoms with Crippen LogP contribution in [0.2, 0.25) is 0 Å². The number of nitrogens with one attached hydrogen (secondary N) is 1. The summed E-state index contributed by atoms with van der Waals surface area (Å²) < 4.78 is 5.22. The van der Waals surface area contributed by atoms with Crippen molar-refractivity contribution in [1.82, 2.24) is 10.2 Å². The molecular formula is C19H26N2O5. The molecule has 1 fully saturated rings. The van der Waals surface area contributed by atoms with Gasteiger partial charge in [0.1, 0.15) is 0 Å². The van der Waals surface area contributed by atoms with E-state index in [2.05, 4.69) is 5.32 Å². The van der Waals surface area contributed by atoms with E-state index in [0.717, 1.165) is 5.56 Å². The van der Waals surface area contributed by atoms with Crippen LogP contribution in [0.5, 0.6) is 0 Å². The maximum Gasteiger partial charge on any atom is 0.311 e. The SMILES string of the molecule is CC(=O)N(CCc1ccccc1)CC(=O)NCC1(C(=O)O)CCOCC1. The van der Waals surface area contributed by atoms with Crippen molar-refractivity contribution >= 4 is 17.8 Å². The van der Waals surface area contributed by atoms with Gasteiger partial charge in [0.15, 0.2) is 0 Å². The molecule has 1 heterocycles. The third-order valence-electron chi connectivity index (χ3n) is 4.82. The van der Waals surface area contributed by atoms with Crippen LogP contribution < -0.4 is 5.32 Å². The van der Waals surface area contributed by atoms with Crippen LogP contribution in [0, 0.1) is 5.41 Å². The Balaban J connectivity index is 1.86. The Hall–Kier alpha value is -2.41. The Bertz CT molecular complexity index is 626. The highest BCUT2D eigenvalue weighted by Crippen LogP contribution is 2.30. The van der Waals surface area contributed by atoms with Crippen LogP contribution in [0.1, 0.15) is 25.3 Å². The number of carboxylic acids is 1. The molecule has 2 amide bonds. The first kappa shape index (κ1) is 19.9. The number of carbonyl (C=O) groups excluding carboxylic acids is 2. The molecule has 0 atom stereocenters. The summed E-state index contributed by atoms with van der Waals surface area (Å²) in [5.41, 5.74) is 0.102. The van der Waals surface area contributed by atoms with E-state index in [1.54, 1.807) is 0 Å². The Kier molecular flexibility index (Phi) is 7.15. The molecule has 0 spiro atoms. The second-order valence-corrected chi connectivity index (χ2v) is 6.65. The number of carboxylic acid groups (broad SMARTS) is 1. The minimum absolute atomic E-state index is 0.0506. The van der Waals surface area contributed by atoms with Gasteiger partial charge in [-0.3, -0.25) is 14.4 Å². The molecule has 1 aromatic carbocycles. The van der Waals surface area contributed by atoms with Crippen molar-refractivity contribution < 1.29 is 24.2 Å². The lowest BCUT2D eigenvalue weighted by molar-refractivity contribution is -0.155. The Labute approximate surface area is 153 Å². The van der Waals surface area contributed by atoms with Crippen LogP contribution in [0.3, 0.4) is 0 Å². The van der Waals surface area contributed by atoms with Crippen LogP contribution >= 0.6 is 0 Å². The maximum atomic E-state index is 12.2. The average molecular weight is 362 g/mol. The van der Waals surface area contributed by atoms with Crippen molar-refractivity contribution in [2.75, 3.05) is 32.8 Å². The fraction of sp³-hybridized carbons (Fsp3) is 0.526. The van der Waals surface area contributed by atoms with Crippen LogP contribution in [0.25, 0.3) is 0 Å². The number of carbonyl (C=O) groups is 3. The second-order valence-electron chi connectivity index (χ2n) is 6.65. The summed E-state index contributed by atoms with van der Waals surface area (Å²) in [5.74, 6) is -1.45. The topological polar surface area (TPSA) is 95.9 Å². The summed E-state index contributed by atoms with van der Waals surface area (Å²) in [6, 6.07) is 9.73. The Morgan fingerprint density at radius 3 is 2.42 bits per heavy atom. The molecule has 1 aliphatic heterocycles. The lowest BCUT2D eigenvalue weighted by Gasteiger charge is -2.33. The Morgan fingerprint density at radius 2 is 1.85 bits per heavy atom. The highest BCUT2D eigenvalue weighted by molar-refractivity contribution is 5.84. The first-order valence-electron chi connectivity index (χ1n) is 8.80. The lowest BCUT2D eigenvalue weighted by atomic mass is 9.80. The van der Waals surface area contributed by atoms with E-state index in [-0.39, 0.29) is 24.9 Å². The van der Waals surface area contributed by atoms with Crippen molar-refractivity contribution in [3.8, 4) is 0 Å². The molecule has 0 aliphatic carbocycles. The number of nitrogens with zero attached hydrogens (tertiary/aromatic N) is 1. The van der Waals surface area contributed by atoms with Crippen molar-refractivity contribution in [1.29, 1.82) is 0 Å². The van der Waals surface area contributed by atoms with Gasteiger partial charge in [-0.25, -0.2) is 0 Å². The maximum absolute atomic E-state index is 12.2. The molecule has 7 nitrogen and oxygen atoms in total. The molecule has 1 saturated heterocycles. The van der Waals surface area contributed by atoms with Gasteiger partial charge in [0.25, 0.3) is 0 Å². The zero-order valence-corrected chi connectivity index (χ0v) is 15.1. The number of hydrogen-bond acceptors (Lipinski definition) is 4. The molecule has 7 heteroatoms. The number of aliphatic carboxylic acids is 1. The fourth-order valence-electron chi connectivity index (χ4n) is 2.98. The number of rotatable bonds is 8. The number of hydrogen-bond donors (Lipinski definition) is 2. The van der Waals surface area contributed by atoms with E-state index in [4.69, 9.17) is 4.74 Å². The second kappa shape index (κ2) is 9.33. The number of benzene rings is 1. The van der Waals surface area contributed by atoms with Crippen LogP contribution in [0.4, 0.5) is 0 Å². The molecule has 1 aromatic rings. The van der Waals surface area contributed by atoms with Crippen molar-refractivity contribution in [2.45, 2.75) is 26.2 Å². The quantitative estimate of drug-likeness (QED) is 0.721. The highest BCUT2D eigenvalue weighted by atomic mass is 16.5. The Morgan fingerprint density at radius 1 is 1.19 bits per heavy atom. The molecule has 26 heavy (non-hydrogen) atoms. The van der Waals surface area contributed by atoms with Crippen LogP contribution in [-0.4, -0.2) is 60.6 Å². The molecule has 0 radical (unpaired) electrons. The van der Waals surface area contributed by atoms with Gasteiger partial charge in [0.05, 0.1) is 12.0 Å². The predicted molar refractivity (Wildman–Crippen MR) is 95.5 cm³/mol. The van der Waals surface area contributed by atoms with E-state index in [9.17, 15) is 19.5 Å². The molecule has 142 valence electrons. The van der Waals surface area contributed by atoms with E-state index < -0.39 is 11.4 Å². The predicted octanol–water partition coefficient (Wildman–Crippen LogP) is 1.08. The van der Waals surface area contributed by atoms with Gasteiger partial charge in [0.2, 0.25) is 11.8 Å². The summed E-state index contributed by atoms with van der Waals surface area (Å²) in [5, 5.41) is 12.2. The molecule has 1 aliphatic rings. The first-order chi connectivity index (χ1) is 12.4. The van der Waals surface area contributed by atoms with E-state index in [1.165, 1.54) is 11.8 Å². The highest BCUT2D eigenvalue weighted by Gasteiger charge is 2.40. The molecule has 2 rings (SSSR count). The zero-order chi connectivity index (χ0) is 19.0. The largest absolute Gasteiger partial charge is 0.481 e. The molecule has 0 saturated carbocycles. The van der Waals surface area contributed by atoms with Crippen molar-refractivity contribution in [3.05, 3.63) is 35.9 Å². The first-order valence-corrected chi connectivity index (χ1v) is 8.80. The van der Waals surface area contributed by atoms with Gasteiger partial charge in [0, 0.05) is 33.2 Å². The van der Waals surface area contributed by atoms with E-state index in [1.807, 2.05) is 30.3 Å². The van der Waals surface area contributed by atoms with E-state index in [0.29, 0.717) is 39.0 Å². The third-order valence-corrected chi connectivity index (χ3v) is 4.82. The fourth-order valence-corrected chi connectivity index (χ4v) is 2.98. The summed E-state index contributed by atoms with van der Waals surface area (Å²) in [7, 11) is 0. The average Bonchev–Trinajstić information content (AvgIpc) is 2.64. The monoisotopic (exact) mass is 362 g/mol. The minimum Gasteiger partial charge on any atom is -0.481 e. The summed E-state index contributed by atoms with van der Waals surface area (Å²) >= 11 is 0. The molecule has 0 bridgehead atoms. The van der Waals surface area contributed by atoms with Crippen molar-refractivity contribution in [2.24, 2.45) is 5.41 Å². The van der Waals surface area contributed by atoms with Gasteiger partial charge < -0.3 is 20.1 Å². The summed E-state index contributed by atoms with van der Waals surface area (Å²) in [6.07, 6.45) is 1.39. The lowest BCUT2D eigenvalue weighted by Crippen LogP contribution is -2.49. The standard InChI is InChI=1S/C19H26N2O5/c1-15(22)21(10-7-16-5-3-2-4-6-16)13-17(23)20-14-19(18(24)25)8-11-26-12-9-19/h2-6H,7-14H2,1H3,(H,20,23)(H,24,25). The smallest absolute Gasteiger partial charge is 0.311 e. The van der Waals surface area contributed by atoms with Gasteiger partial charge in [-0.1, -0.05) is 30.3 Å².